The number of sulfonamides is 1. The summed E-state index contributed by atoms with van der Waals surface area (Å²) in [7, 11) is -3.12. The first kappa shape index (κ1) is 10.4. The van der Waals surface area contributed by atoms with Gasteiger partial charge in [-0.05, 0) is 12.8 Å². The molecule has 1 rings (SSSR count). The summed E-state index contributed by atoms with van der Waals surface area (Å²) in [6.07, 6.45) is 2.05. The third-order valence-electron chi connectivity index (χ3n) is 1.70. The number of nitrogens with one attached hydrogen (secondary N) is 1. The number of halogens is 1. The van der Waals surface area contributed by atoms with E-state index in [2.05, 4.69) is 20.7 Å². The van der Waals surface area contributed by atoms with Crippen LogP contribution in [0.15, 0.2) is 0 Å². The first-order chi connectivity index (χ1) is 5.64. The average molecular weight is 258 g/mol. The van der Waals surface area contributed by atoms with Crippen LogP contribution in [0, 0.1) is 0 Å². The van der Waals surface area contributed by atoms with Crippen molar-refractivity contribution < 1.29 is 13.2 Å². The molecule has 72 valence electrons. The van der Waals surface area contributed by atoms with E-state index in [1.165, 1.54) is 0 Å². The standard InChI is InChI=1S/C6H12BrNO3S/c7-5-12(9,10)8-4-6-2-1-3-11-6/h6,8H,1-5H2. The van der Waals surface area contributed by atoms with Crippen molar-refractivity contribution in [1.29, 1.82) is 0 Å². The van der Waals surface area contributed by atoms with Crippen molar-refractivity contribution in [3.8, 4) is 0 Å². The molecule has 1 fully saturated rings. The Labute approximate surface area is 80.8 Å². The monoisotopic (exact) mass is 257 g/mol. The van der Waals surface area contributed by atoms with Gasteiger partial charge in [0.1, 0.15) is 4.66 Å². The van der Waals surface area contributed by atoms with Gasteiger partial charge in [0.15, 0.2) is 0 Å². The molecule has 1 unspecified atom stereocenters. The van der Waals surface area contributed by atoms with Crippen molar-refractivity contribution in [2.24, 2.45) is 0 Å². The van der Waals surface area contributed by atoms with Crippen molar-refractivity contribution in [2.75, 3.05) is 17.8 Å². The van der Waals surface area contributed by atoms with Crippen molar-refractivity contribution >= 4 is 26.0 Å². The Morgan fingerprint density at radius 2 is 2.33 bits per heavy atom. The van der Waals surface area contributed by atoms with Crippen LogP contribution in [0.3, 0.4) is 0 Å². The van der Waals surface area contributed by atoms with Crippen molar-refractivity contribution in [2.45, 2.75) is 18.9 Å². The van der Waals surface area contributed by atoms with Gasteiger partial charge in [0.05, 0.1) is 6.10 Å². The number of alkyl halides is 1. The second kappa shape index (κ2) is 4.55. The predicted molar refractivity (Wildman–Crippen MR) is 49.7 cm³/mol. The van der Waals surface area contributed by atoms with Crippen LogP contribution in [0.2, 0.25) is 0 Å². The summed E-state index contributed by atoms with van der Waals surface area (Å²) >= 11 is 2.89. The van der Waals surface area contributed by atoms with Gasteiger partial charge in [0.25, 0.3) is 0 Å². The van der Waals surface area contributed by atoms with Crippen LogP contribution >= 0.6 is 15.9 Å². The molecule has 0 aromatic heterocycles. The Morgan fingerprint density at radius 1 is 1.58 bits per heavy atom. The maximum Gasteiger partial charge on any atom is 0.221 e. The van der Waals surface area contributed by atoms with Crippen molar-refractivity contribution in [3.63, 3.8) is 0 Å². The summed E-state index contributed by atoms with van der Waals surface area (Å²) in [5, 5.41) is 0. The molecule has 4 nitrogen and oxygen atoms in total. The molecule has 6 heteroatoms. The smallest absolute Gasteiger partial charge is 0.221 e. The Bertz CT molecular complexity index is 223. The minimum Gasteiger partial charge on any atom is -0.377 e. The van der Waals surface area contributed by atoms with Crippen molar-refractivity contribution in [1.82, 2.24) is 4.72 Å². The summed E-state index contributed by atoms with van der Waals surface area (Å²) in [5.74, 6) is 0. The molecule has 1 aliphatic heterocycles. The predicted octanol–water partition coefficient (Wildman–Crippen LogP) is 0.437. The van der Waals surface area contributed by atoms with E-state index in [0.29, 0.717) is 6.54 Å². The van der Waals surface area contributed by atoms with E-state index in [9.17, 15) is 8.42 Å². The third-order valence-corrected chi connectivity index (χ3v) is 4.40. The van der Waals surface area contributed by atoms with E-state index >= 15 is 0 Å². The van der Waals surface area contributed by atoms with Crippen LogP contribution in [0.5, 0.6) is 0 Å². The van der Waals surface area contributed by atoms with Crippen LogP contribution in [0.1, 0.15) is 12.8 Å². The highest BCUT2D eigenvalue weighted by molar-refractivity contribution is 9.10. The van der Waals surface area contributed by atoms with E-state index in [0.717, 1.165) is 19.4 Å². The molecule has 1 heterocycles. The van der Waals surface area contributed by atoms with Gasteiger partial charge in [-0.25, -0.2) is 13.1 Å². The molecule has 12 heavy (non-hydrogen) atoms. The number of rotatable bonds is 4. The maximum atomic E-state index is 10.9. The second-order valence-electron chi connectivity index (χ2n) is 2.71. The minimum atomic E-state index is -3.12. The molecule has 0 saturated carbocycles. The Morgan fingerprint density at radius 3 is 2.83 bits per heavy atom. The molecule has 1 saturated heterocycles. The first-order valence-corrected chi connectivity index (χ1v) is 6.56. The molecular weight excluding hydrogens is 246 g/mol. The van der Waals surface area contributed by atoms with Gasteiger partial charge in [-0.15, -0.1) is 0 Å². The van der Waals surface area contributed by atoms with E-state index in [1.54, 1.807) is 0 Å². The van der Waals surface area contributed by atoms with E-state index in [-0.39, 0.29) is 10.8 Å². The summed E-state index contributed by atoms with van der Waals surface area (Å²) in [6.45, 7) is 1.15. The zero-order valence-electron chi connectivity index (χ0n) is 6.62. The lowest BCUT2D eigenvalue weighted by molar-refractivity contribution is 0.114. The lowest BCUT2D eigenvalue weighted by atomic mass is 10.2. The van der Waals surface area contributed by atoms with Gasteiger partial charge in [-0.1, -0.05) is 15.9 Å². The molecule has 0 amide bonds. The summed E-state index contributed by atoms with van der Waals surface area (Å²) in [5.41, 5.74) is 0. The van der Waals surface area contributed by atoms with Crippen LogP contribution in [0.4, 0.5) is 0 Å². The molecule has 0 aliphatic carbocycles. The fourth-order valence-corrected chi connectivity index (χ4v) is 2.07. The summed E-state index contributed by atoms with van der Waals surface area (Å²) in [4.78, 5) is 0. The largest absolute Gasteiger partial charge is 0.377 e. The normalized spacial score (nSPS) is 24.6. The second-order valence-corrected chi connectivity index (χ2v) is 5.82. The lowest BCUT2D eigenvalue weighted by Crippen LogP contribution is -2.32. The Balaban J connectivity index is 2.25. The molecular formula is C6H12BrNO3S. The molecule has 1 N–H and O–H groups in total. The first-order valence-electron chi connectivity index (χ1n) is 3.79. The summed E-state index contributed by atoms with van der Waals surface area (Å²) < 4.78 is 29.5. The van der Waals surface area contributed by atoms with Crippen molar-refractivity contribution in [3.05, 3.63) is 0 Å². The molecule has 0 spiro atoms. The maximum absolute atomic E-state index is 10.9. The fraction of sp³-hybridized carbons (Fsp3) is 1.00. The van der Waals surface area contributed by atoms with Gasteiger partial charge in [-0.3, -0.25) is 0 Å². The van der Waals surface area contributed by atoms with Gasteiger partial charge in [-0.2, -0.15) is 0 Å². The highest BCUT2D eigenvalue weighted by Crippen LogP contribution is 2.10. The van der Waals surface area contributed by atoms with Crippen LogP contribution in [0.25, 0.3) is 0 Å². The van der Waals surface area contributed by atoms with E-state index in [4.69, 9.17) is 4.74 Å². The molecule has 0 bridgehead atoms. The molecule has 0 radical (unpaired) electrons. The lowest BCUT2D eigenvalue weighted by Gasteiger charge is -2.09. The van der Waals surface area contributed by atoms with Crippen LogP contribution < -0.4 is 4.72 Å². The molecule has 0 aromatic rings. The molecule has 1 aliphatic rings. The highest BCUT2D eigenvalue weighted by atomic mass is 79.9. The van der Waals surface area contributed by atoms with Gasteiger partial charge in [0.2, 0.25) is 10.0 Å². The zero-order valence-corrected chi connectivity index (χ0v) is 9.03. The number of ether oxygens (including phenoxy) is 1. The van der Waals surface area contributed by atoms with Gasteiger partial charge in [0, 0.05) is 13.2 Å². The summed E-state index contributed by atoms with van der Waals surface area (Å²) in [6, 6.07) is 0. The molecule has 1 atom stereocenters. The number of hydrogen-bond acceptors (Lipinski definition) is 3. The topological polar surface area (TPSA) is 55.4 Å². The van der Waals surface area contributed by atoms with Gasteiger partial charge >= 0.3 is 0 Å². The quantitative estimate of drug-likeness (QED) is 0.744. The number of hydrogen-bond donors (Lipinski definition) is 1. The average Bonchev–Trinajstić information content (AvgIpc) is 2.53. The Kier molecular flexibility index (Phi) is 3.95. The van der Waals surface area contributed by atoms with Crippen LogP contribution in [-0.2, 0) is 14.8 Å². The third kappa shape index (κ3) is 3.38. The Hall–Kier alpha value is 0.350. The zero-order chi connectivity index (χ0) is 9.03. The van der Waals surface area contributed by atoms with Gasteiger partial charge < -0.3 is 4.74 Å². The van der Waals surface area contributed by atoms with Crippen LogP contribution in [-0.4, -0.2) is 32.3 Å². The SMILES string of the molecule is O=S(=O)(CBr)NCC1CCCO1. The van der Waals surface area contributed by atoms with E-state index in [1.807, 2.05) is 0 Å². The van der Waals surface area contributed by atoms with E-state index < -0.39 is 10.0 Å². The fourth-order valence-electron chi connectivity index (χ4n) is 1.06. The molecule has 0 aromatic carbocycles. The highest BCUT2D eigenvalue weighted by Gasteiger charge is 2.17. The minimum absolute atomic E-state index is 0.0489.